The Morgan fingerprint density at radius 2 is 1.82 bits per heavy atom. The van der Waals surface area contributed by atoms with E-state index >= 15 is 0 Å². The van der Waals surface area contributed by atoms with Crippen molar-refractivity contribution in [2.24, 2.45) is 17.3 Å². The number of allylic oxidation sites excluding steroid dienone is 2. The molecule has 0 aliphatic heterocycles. The average Bonchev–Trinajstić information content (AvgIpc) is 2.52. The molecule has 0 heterocycles. The van der Waals surface area contributed by atoms with Crippen LogP contribution in [0.4, 0.5) is 0 Å². The first-order valence-corrected chi connectivity index (χ1v) is 6.83. The molecule has 0 unspecified atom stereocenters. The van der Waals surface area contributed by atoms with Crippen molar-refractivity contribution in [2.45, 2.75) is 65.1 Å². The summed E-state index contributed by atoms with van der Waals surface area (Å²) in [4.78, 5) is 0. The van der Waals surface area contributed by atoms with Gasteiger partial charge in [0.2, 0.25) is 0 Å². The van der Waals surface area contributed by atoms with Gasteiger partial charge in [-0.15, -0.1) is 0 Å². The Balaban J connectivity index is 2.35. The largest absolute Gasteiger partial charge is 0.393 e. The summed E-state index contributed by atoms with van der Waals surface area (Å²) in [5.74, 6) is 0.628. The molecule has 0 aromatic carbocycles. The molecule has 0 radical (unpaired) electrons. The Labute approximate surface area is 105 Å². The third kappa shape index (κ3) is 2.06. The molecular weight excluding hydrogens is 212 g/mol. The van der Waals surface area contributed by atoms with Crippen molar-refractivity contribution in [2.75, 3.05) is 0 Å². The summed E-state index contributed by atoms with van der Waals surface area (Å²) < 4.78 is 0. The van der Waals surface area contributed by atoms with E-state index in [0.717, 1.165) is 25.7 Å². The van der Waals surface area contributed by atoms with Gasteiger partial charge in [0.25, 0.3) is 0 Å². The molecule has 2 N–H and O–H groups in total. The maximum atomic E-state index is 10.7. The van der Waals surface area contributed by atoms with Gasteiger partial charge in [-0.25, -0.2) is 0 Å². The average molecular weight is 238 g/mol. The molecular formula is C15H26O2. The van der Waals surface area contributed by atoms with Crippen molar-refractivity contribution in [3.8, 4) is 0 Å². The van der Waals surface area contributed by atoms with E-state index in [4.69, 9.17) is 0 Å². The first-order chi connectivity index (χ1) is 7.77. The van der Waals surface area contributed by atoms with Gasteiger partial charge in [-0.3, -0.25) is 0 Å². The van der Waals surface area contributed by atoms with Crippen molar-refractivity contribution < 1.29 is 10.2 Å². The van der Waals surface area contributed by atoms with Gasteiger partial charge in [0.05, 0.1) is 11.7 Å². The fraction of sp³-hybridized carbons (Fsp3) is 0.867. The maximum absolute atomic E-state index is 10.7. The van der Waals surface area contributed by atoms with E-state index in [9.17, 15) is 10.2 Å². The summed E-state index contributed by atoms with van der Waals surface area (Å²) in [7, 11) is 0. The van der Waals surface area contributed by atoms with Crippen LogP contribution in [0.25, 0.3) is 0 Å². The second kappa shape index (κ2) is 4.10. The Bertz CT molecular complexity index is 328. The molecule has 0 bridgehead atoms. The zero-order valence-corrected chi connectivity index (χ0v) is 11.5. The van der Waals surface area contributed by atoms with Gasteiger partial charge in [0.15, 0.2) is 0 Å². The zero-order chi connectivity index (χ0) is 12.8. The lowest BCUT2D eigenvalue weighted by Crippen LogP contribution is -2.53. The summed E-state index contributed by atoms with van der Waals surface area (Å²) >= 11 is 0. The Hall–Kier alpha value is -0.340. The van der Waals surface area contributed by atoms with Gasteiger partial charge >= 0.3 is 0 Å². The SMILES string of the molecule is CC(C)=C[C@H]1CC[C@@]2(C)[C@H](O)CC[C@](C)(O)[C@@H]12. The predicted molar refractivity (Wildman–Crippen MR) is 69.6 cm³/mol. The molecule has 0 saturated heterocycles. The van der Waals surface area contributed by atoms with Crippen LogP contribution in [-0.2, 0) is 0 Å². The second-order valence-corrected chi connectivity index (χ2v) is 6.84. The van der Waals surface area contributed by atoms with E-state index < -0.39 is 5.60 Å². The van der Waals surface area contributed by atoms with Crippen molar-refractivity contribution in [3.05, 3.63) is 11.6 Å². The number of hydrogen-bond donors (Lipinski definition) is 2. The first-order valence-electron chi connectivity index (χ1n) is 6.83. The van der Waals surface area contributed by atoms with E-state index in [0.29, 0.717) is 5.92 Å². The normalized spacial score (nSPS) is 49.9. The van der Waals surface area contributed by atoms with Gasteiger partial charge in [-0.2, -0.15) is 0 Å². The van der Waals surface area contributed by atoms with Gasteiger partial charge in [0, 0.05) is 5.92 Å². The van der Waals surface area contributed by atoms with Crippen molar-refractivity contribution >= 4 is 0 Å². The minimum atomic E-state index is -0.624. The minimum Gasteiger partial charge on any atom is -0.393 e. The lowest BCUT2D eigenvalue weighted by atomic mass is 9.59. The Kier molecular flexibility index (Phi) is 3.16. The van der Waals surface area contributed by atoms with Crippen LogP contribution in [0, 0.1) is 17.3 Å². The van der Waals surface area contributed by atoms with Gasteiger partial charge < -0.3 is 10.2 Å². The highest BCUT2D eigenvalue weighted by molar-refractivity contribution is 5.14. The Morgan fingerprint density at radius 1 is 1.18 bits per heavy atom. The monoisotopic (exact) mass is 238 g/mol. The van der Waals surface area contributed by atoms with Crippen LogP contribution in [-0.4, -0.2) is 21.9 Å². The van der Waals surface area contributed by atoms with Crippen molar-refractivity contribution in [1.82, 2.24) is 0 Å². The molecule has 5 atom stereocenters. The zero-order valence-electron chi connectivity index (χ0n) is 11.5. The lowest BCUT2D eigenvalue weighted by Gasteiger charge is -2.50. The lowest BCUT2D eigenvalue weighted by molar-refractivity contribution is -0.143. The molecule has 0 aromatic rings. The van der Waals surface area contributed by atoms with Crippen LogP contribution < -0.4 is 0 Å². The van der Waals surface area contributed by atoms with Crippen LogP contribution in [0.15, 0.2) is 11.6 Å². The maximum Gasteiger partial charge on any atom is 0.0660 e. The highest BCUT2D eigenvalue weighted by atomic mass is 16.3. The highest BCUT2D eigenvalue weighted by Gasteiger charge is 2.58. The van der Waals surface area contributed by atoms with E-state index in [2.05, 4.69) is 26.8 Å². The number of hydrogen-bond acceptors (Lipinski definition) is 2. The molecule has 2 aliphatic carbocycles. The van der Waals surface area contributed by atoms with Crippen LogP contribution in [0.3, 0.4) is 0 Å². The molecule has 2 rings (SSSR count). The molecule has 2 saturated carbocycles. The fourth-order valence-electron chi connectivity index (χ4n) is 4.36. The molecule has 0 spiro atoms. The standard InChI is InChI=1S/C15H26O2/c1-10(2)9-11-5-7-14(3)12(16)6-8-15(4,17)13(11)14/h9,11-13,16-17H,5-8H2,1-4H3/t11-,12-,13+,14+,15+/m1/s1. The molecule has 2 aliphatic rings. The van der Waals surface area contributed by atoms with Crippen molar-refractivity contribution in [1.29, 1.82) is 0 Å². The summed E-state index contributed by atoms with van der Waals surface area (Å²) in [6.07, 6.45) is 5.64. The molecule has 0 amide bonds. The topological polar surface area (TPSA) is 40.5 Å². The molecule has 17 heavy (non-hydrogen) atoms. The van der Waals surface area contributed by atoms with Crippen LogP contribution >= 0.6 is 0 Å². The number of fused-ring (bicyclic) bond motifs is 1. The third-order valence-corrected chi connectivity index (χ3v) is 5.06. The summed E-state index contributed by atoms with van der Waals surface area (Å²) in [5, 5.41) is 21.0. The summed E-state index contributed by atoms with van der Waals surface area (Å²) in [6.45, 7) is 8.35. The van der Waals surface area contributed by atoms with Crippen LogP contribution in [0.1, 0.15) is 53.4 Å². The molecule has 2 nitrogen and oxygen atoms in total. The fourth-order valence-corrected chi connectivity index (χ4v) is 4.36. The minimum absolute atomic E-state index is 0.0988. The van der Waals surface area contributed by atoms with Gasteiger partial charge in [-0.1, -0.05) is 18.6 Å². The third-order valence-electron chi connectivity index (χ3n) is 5.06. The van der Waals surface area contributed by atoms with E-state index in [1.165, 1.54) is 5.57 Å². The Morgan fingerprint density at radius 3 is 2.41 bits per heavy atom. The summed E-state index contributed by atoms with van der Waals surface area (Å²) in [6, 6.07) is 0. The van der Waals surface area contributed by atoms with E-state index in [-0.39, 0.29) is 17.4 Å². The second-order valence-electron chi connectivity index (χ2n) is 6.84. The van der Waals surface area contributed by atoms with E-state index in [1.807, 2.05) is 6.92 Å². The highest BCUT2D eigenvalue weighted by Crippen LogP contribution is 2.58. The van der Waals surface area contributed by atoms with Gasteiger partial charge in [0.1, 0.15) is 0 Å². The molecule has 2 fully saturated rings. The molecule has 98 valence electrons. The first kappa shape index (κ1) is 13.1. The van der Waals surface area contributed by atoms with E-state index in [1.54, 1.807) is 0 Å². The molecule has 2 heteroatoms. The smallest absolute Gasteiger partial charge is 0.0660 e. The van der Waals surface area contributed by atoms with Crippen molar-refractivity contribution in [3.63, 3.8) is 0 Å². The number of aliphatic hydroxyl groups excluding tert-OH is 1. The number of rotatable bonds is 1. The quantitative estimate of drug-likeness (QED) is 0.690. The van der Waals surface area contributed by atoms with Crippen LogP contribution in [0.5, 0.6) is 0 Å². The van der Waals surface area contributed by atoms with Crippen LogP contribution in [0.2, 0.25) is 0 Å². The van der Waals surface area contributed by atoms with Gasteiger partial charge in [-0.05, 0) is 57.8 Å². The molecule has 0 aromatic heterocycles. The summed E-state index contributed by atoms with van der Waals surface area (Å²) in [5.41, 5.74) is 0.592. The predicted octanol–water partition coefficient (Wildman–Crippen LogP) is 2.89. The number of aliphatic hydroxyl groups is 2.